The molecule has 1 heterocycles. The third kappa shape index (κ3) is 3.04. The van der Waals surface area contributed by atoms with Crippen LogP contribution in [0.4, 0.5) is 0 Å². The van der Waals surface area contributed by atoms with E-state index in [1.54, 1.807) is 12.0 Å². The van der Waals surface area contributed by atoms with Crippen LogP contribution < -0.4 is 0 Å². The molecule has 1 unspecified atom stereocenters. The molecule has 0 radical (unpaired) electrons. The van der Waals surface area contributed by atoms with Gasteiger partial charge < -0.3 is 5.11 Å². The van der Waals surface area contributed by atoms with Gasteiger partial charge in [0.2, 0.25) is 0 Å². The summed E-state index contributed by atoms with van der Waals surface area (Å²) in [6, 6.07) is 9.62. The zero-order valence-electron chi connectivity index (χ0n) is 9.24. The van der Waals surface area contributed by atoms with Crippen molar-refractivity contribution >= 4 is 5.94 Å². The summed E-state index contributed by atoms with van der Waals surface area (Å²) in [5.74, 6) is 1.78. The van der Waals surface area contributed by atoms with Crippen LogP contribution in [0.2, 0.25) is 0 Å². The van der Waals surface area contributed by atoms with Crippen LogP contribution in [0.25, 0.3) is 0 Å². The molecule has 4 nitrogen and oxygen atoms in total. The van der Waals surface area contributed by atoms with Gasteiger partial charge in [-0.2, -0.15) is 0 Å². The second-order valence-corrected chi connectivity index (χ2v) is 3.73. The van der Waals surface area contributed by atoms with Crippen molar-refractivity contribution in [2.75, 3.05) is 6.54 Å². The van der Waals surface area contributed by atoms with E-state index in [2.05, 4.69) is 0 Å². The van der Waals surface area contributed by atoms with E-state index in [-0.39, 0.29) is 6.54 Å². The van der Waals surface area contributed by atoms with Gasteiger partial charge in [-0.1, -0.05) is 36.4 Å². The molecular weight excluding hydrogens is 218 g/mol. The van der Waals surface area contributed by atoms with Gasteiger partial charge in [0.05, 0.1) is 19.3 Å². The summed E-state index contributed by atoms with van der Waals surface area (Å²) in [6.07, 6.45) is 2.43. The number of aliphatic hydroxyl groups excluding tert-OH is 1. The number of hydroxylamine groups is 2. The van der Waals surface area contributed by atoms with Gasteiger partial charge in [-0.05, 0) is 11.6 Å². The number of allylic oxidation sites excluding steroid dienone is 1. The molecular formula is C13H13NO3. The third-order valence-electron chi connectivity index (χ3n) is 2.43. The van der Waals surface area contributed by atoms with Crippen LogP contribution >= 0.6 is 0 Å². The fraction of sp³-hybridized carbons (Fsp3) is 0.231. The second kappa shape index (κ2) is 5.46. The number of benzene rings is 1. The van der Waals surface area contributed by atoms with Crippen molar-refractivity contribution in [1.29, 1.82) is 0 Å². The van der Waals surface area contributed by atoms with Gasteiger partial charge in [0.15, 0.2) is 5.94 Å². The van der Waals surface area contributed by atoms with E-state index < -0.39 is 6.10 Å². The fourth-order valence-corrected chi connectivity index (χ4v) is 1.55. The van der Waals surface area contributed by atoms with Crippen LogP contribution in [0.15, 0.2) is 48.2 Å². The molecule has 1 aromatic rings. The average molecular weight is 231 g/mol. The molecule has 88 valence electrons. The Morgan fingerprint density at radius 3 is 2.88 bits per heavy atom. The van der Waals surface area contributed by atoms with Crippen molar-refractivity contribution in [3.63, 3.8) is 0 Å². The Morgan fingerprint density at radius 1 is 1.41 bits per heavy atom. The molecule has 4 heteroatoms. The number of hydrogen-bond donors (Lipinski definition) is 1. The maximum atomic E-state index is 10.7. The molecule has 0 spiro atoms. The van der Waals surface area contributed by atoms with E-state index in [9.17, 15) is 9.90 Å². The highest BCUT2D eigenvalue weighted by atomic mass is 16.7. The molecule has 0 saturated carbocycles. The van der Waals surface area contributed by atoms with E-state index in [0.29, 0.717) is 12.3 Å². The van der Waals surface area contributed by atoms with Gasteiger partial charge in [0, 0.05) is 0 Å². The van der Waals surface area contributed by atoms with Crippen LogP contribution in [0.5, 0.6) is 0 Å². The number of nitrogens with zero attached hydrogens (tertiary/aromatic N) is 1. The normalized spacial score (nSPS) is 19.2. The Balaban J connectivity index is 1.99. The van der Waals surface area contributed by atoms with Crippen molar-refractivity contribution in [3.8, 4) is 0 Å². The zero-order chi connectivity index (χ0) is 12.1. The van der Waals surface area contributed by atoms with E-state index in [0.717, 1.165) is 5.56 Å². The van der Waals surface area contributed by atoms with Crippen molar-refractivity contribution in [1.82, 2.24) is 5.06 Å². The number of β-amino-alcohol motifs (C(OH)–C–C–N with tert-alkyl or cyclic N) is 1. The van der Waals surface area contributed by atoms with Crippen LogP contribution in [0, 0.1) is 0 Å². The molecule has 0 fully saturated rings. The minimum atomic E-state index is -0.622. The molecule has 0 saturated heterocycles. The number of hydrogen-bond acceptors (Lipinski definition) is 4. The first-order chi connectivity index (χ1) is 8.29. The summed E-state index contributed by atoms with van der Waals surface area (Å²) < 4.78 is 0. The molecule has 1 N–H and O–H groups in total. The zero-order valence-corrected chi connectivity index (χ0v) is 9.24. The summed E-state index contributed by atoms with van der Waals surface area (Å²) in [5, 5.41) is 10.8. The molecule has 1 aromatic carbocycles. The Labute approximate surface area is 99.4 Å². The Morgan fingerprint density at radius 2 is 2.18 bits per heavy atom. The topological polar surface area (TPSA) is 49.8 Å². The highest BCUT2D eigenvalue weighted by molar-refractivity contribution is 5.56. The predicted molar refractivity (Wildman–Crippen MR) is 62.3 cm³/mol. The van der Waals surface area contributed by atoms with E-state index >= 15 is 0 Å². The number of carbonyl (C=O) groups excluding carboxylic acids is 1. The Kier molecular flexibility index (Phi) is 3.73. The lowest BCUT2D eigenvalue weighted by Gasteiger charge is -2.27. The van der Waals surface area contributed by atoms with Gasteiger partial charge >= 0.3 is 0 Å². The molecule has 1 atom stereocenters. The molecule has 0 aromatic heterocycles. The van der Waals surface area contributed by atoms with Gasteiger partial charge in [0.1, 0.15) is 5.70 Å². The van der Waals surface area contributed by atoms with Crippen molar-refractivity contribution in [2.45, 2.75) is 12.7 Å². The molecule has 0 amide bonds. The van der Waals surface area contributed by atoms with Gasteiger partial charge in [-0.25, -0.2) is 9.86 Å². The van der Waals surface area contributed by atoms with Gasteiger partial charge in [0.25, 0.3) is 0 Å². The lowest BCUT2D eigenvalue weighted by molar-refractivity contribution is -0.152. The van der Waals surface area contributed by atoms with Crippen LogP contribution in [-0.4, -0.2) is 28.8 Å². The van der Waals surface area contributed by atoms with Crippen molar-refractivity contribution in [3.05, 3.63) is 53.7 Å². The van der Waals surface area contributed by atoms with Crippen molar-refractivity contribution in [2.24, 2.45) is 0 Å². The smallest absolute Gasteiger partial charge is 0.152 e. The minimum Gasteiger partial charge on any atom is -0.387 e. The number of aliphatic hydroxyl groups is 1. The second-order valence-electron chi connectivity index (χ2n) is 3.73. The van der Waals surface area contributed by atoms with Gasteiger partial charge in [-0.15, -0.1) is 0 Å². The first-order valence-electron chi connectivity index (χ1n) is 5.35. The lowest BCUT2D eigenvalue weighted by atomic mass is 10.2. The summed E-state index contributed by atoms with van der Waals surface area (Å²) in [4.78, 5) is 16.1. The van der Waals surface area contributed by atoms with Gasteiger partial charge in [-0.3, -0.25) is 4.84 Å². The lowest BCUT2D eigenvalue weighted by Crippen LogP contribution is -2.34. The molecule has 0 bridgehead atoms. The average Bonchev–Trinajstić information content (AvgIpc) is 2.38. The molecule has 1 aliphatic rings. The highest BCUT2D eigenvalue weighted by Gasteiger charge is 2.18. The summed E-state index contributed by atoms with van der Waals surface area (Å²) >= 11 is 0. The van der Waals surface area contributed by atoms with E-state index in [4.69, 9.17) is 4.84 Å². The Hall–Kier alpha value is -1.87. The maximum absolute atomic E-state index is 10.7. The van der Waals surface area contributed by atoms with E-state index in [1.165, 1.54) is 11.1 Å². The van der Waals surface area contributed by atoms with Crippen LogP contribution in [0.1, 0.15) is 5.56 Å². The largest absolute Gasteiger partial charge is 0.387 e. The molecule has 1 aliphatic heterocycles. The summed E-state index contributed by atoms with van der Waals surface area (Å²) in [5.41, 5.74) is 1.30. The fourth-order valence-electron chi connectivity index (χ4n) is 1.55. The van der Waals surface area contributed by atoms with E-state index in [1.807, 2.05) is 30.3 Å². The molecule has 0 aliphatic carbocycles. The number of rotatable bonds is 3. The van der Waals surface area contributed by atoms with Crippen LogP contribution in [0.3, 0.4) is 0 Å². The quantitative estimate of drug-likeness (QED) is 0.790. The SMILES string of the molecule is O=C=C1C=CC(O)CN1OCc1ccccc1. The third-order valence-corrected chi connectivity index (χ3v) is 2.43. The maximum Gasteiger partial charge on any atom is 0.152 e. The molecule has 2 rings (SSSR count). The standard InChI is InChI=1S/C13H13NO3/c15-9-12-6-7-13(16)8-14(12)17-10-11-4-2-1-3-5-11/h1-7,13,16H,8,10H2. The summed E-state index contributed by atoms with van der Waals surface area (Å²) in [6.45, 7) is 0.598. The molecule has 17 heavy (non-hydrogen) atoms. The predicted octanol–water partition coefficient (Wildman–Crippen LogP) is 1.07. The first-order valence-corrected chi connectivity index (χ1v) is 5.35. The van der Waals surface area contributed by atoms with Crippen molar-refractivity contribution < 1.29 is 14.7 Å². The monoisotopic (exact) mass is 231 g/mol. The Bertz CT molecular complexity index is 449. The highest BCUT2D eigenvalue weighted by Crippen LogP contribution is 2.13. The summed E-state index contributed by atoms with van der Waals surface area (Å²) in [7, 11) is 0. The first kappa shape index (κ1) is 11.6. The van der Waals surface area contributed by atoms with Crippen LogP contribution in [-0.2, 0) is 16.2 Å². The minimum absolute atomic E-state index is 0.244.